The number of hydrogen-bond donors (Lipinski definition) is 2. The zero-order chi connectivity index (χ0) is 14.4. The van der Waals surface area contributed by atoms with Crippen LogP contribution in [0.2, 0.25) is 0 Å². The van der Waals surface area contributed by atoms with Crippen LogP contribution in [-0.2, 0) is 6.54 Å². The van der Waals surface area contributed by atoms with Crippen LogP contribution in [0.1, 0.15) is 42.8 Å². The summed E-state index contributed by atoms with van der Waals surface area (Å²) in [7, 11) is 0. The van der Waals surface area contributed by atoms with Gasteiger partial charge in [-0.15, -0.1) is 0 Å². The maximum absolute atomic E-state index is 9.52. The van der Waals surface area contributed by atoms with Crippen LogP contribution in [0.25, 0.3) is 0 Å². The molecule has 1 atom stereocenters. The van der Waals surface area contributed by atoms with Gasteiger partial charge in [-0.05, 0) is 23.6 Å². The van der Waals surface area contributed by atoms with Crippen LogP contribution in [0.5, 0.6) is 0 Å². The predicted octanol–water partition coefficient (Wildman–Crippen LogP) is 3.03. The molecule has 1 aromatic heterocycles. The third kappa shape index (κ3) is 3.89. The lowest BCUT2D eigenvalue weighted by molar-refractivity contribution is 0.243. The fraction of sp³-hybridized carbons (Fsp3) is 0.353. The van der Waals surface area contributed by atoms with E-state index in [0.717, 1.165) is 17.0 Å². The van der Waals surface area contributed by atoms with Gasteiger partial charge in [0, 0.05) is 12.2 Å². The highest BCUT2D eigenvalue weighted by molar-refractivity contribution is 5.19. The van der Waals surface area contributed by atoms with Gasteiger partial charge < -0.3 is 10.4 Å². The molecule has 0 aliphatic heterocycles. The van der Waals surface area contributed by atoms with Crippen molar-refractivity contribution in [1.29, 1.82) is 0 Å². The normalized spacial score (nSPS) is 12.6. The Morgan fingerprint density at radius 1 is 1.05 bits per heavy atom. The number of benzene rings is 1. The molecule has 0 unspecified atom stereocenters. The van der Waals surface area contributed by atoms with Crippen LogP contribution in [0.3, 0.4) is 0 Å². The highest BCUT2D eigenvalue weighted by Crippen LogP contribution is 2.14. The van der Waals surface area contributed by atoms with Crippen molar-refractivity contribution < 1.29 is 5.11 Å². The van der Waals surface area contributed by atoms with Crippen molar-refractivity contribution in [1.82, 2.24) is 10.3 Å². The summed E-state index contributed by atoms with van der Waals surface area (Å²) in [4.78, 5) is 4.63. The standard InChI is InChI=1S/C17H22N2O/c1-13(2)16-10-6-9-15(19-16)11-18-17(12-20)14-7-4-3-5-8-14/h3-10,13,17-18,20H,11-12H2,1-2H3/t17-/m0/s1. The van der Waals surface area contributed by atoms with E-state index in [1.54, 1.807) is 0 Å². The molecule has 0 saturated carbocycles. The lowest BCUT2D eigenvalue weighted by Crippen LogP contribution is -2.24. The Kier molecular flexibility index (Phi) is 5.27. The van der Waals surface area contributed by atoms with E-state index in [1.807, 2.05) is 42.5 Å². The van der Waals surface area contributed by atoms with Crippen molar-refractivity contribution in [3.8, 4) is 0 Å². The van der Waals surface area contributed by atoms with Crippen LogP contribution >= 0.6 is 0 Å². The Balaban J connectivity index is 2.02. The third-order valence-electron chi connectivity index (χ3n) is 3.33. The molecule has 0 amide bonds. The van der Waals surface area contributed by atoms with Gasteiger partial charge in [0.15, 0.2) is 0 Å². The van der Waals surface area contributed by atoms with Gasteiger partial charge in [-0.2, -0.15) is 0 Å². The maximum atomic E-state index is 9.52. The number of aliphatic hydroxyl groups is 1. The van der Waals surface area contributed by atoms with Crippen molar-refractivity contribution in [2.45, 2.75) is 32.4 Å². The van der Waals surface area contributed by atoms with Gasteiger partial charge in [0.2, 0.25) is 0 Å². The minimum Gasteiger partial charge on any atom is -0.394 e. The summed E-state index contributed by atoms with van der Waals surface area (Å²) < 4.78 is 0. The summed E-state index contributed by atoms with van der Waals surface area (Å²) in [6.45, 7) is 5.01. The van der Waals surface area contributed by atoms with E-state index in [0.29, 0.717) is 12.5 Å². The summed E-state index contributed by atoms with van der Waals surface area (Å²) in [6, 6.07) is 16.0. The van der Waals surface area contributed by atoms with Gasteiger partial charge in [-0.3, -0.25) is 4.98 Å². The monoisotopic (exact) mass is 270 g/mol. The fourth-order valence-electron chi connectivity index (χ4n) is 2.12. The van der Waals surface area contributed by atoms with E-state index < -0.39 is 0 Å². The van der Waals surface area contributed by atoms with Crippen molar-refractivity contribution in [3.05, 3.63) is 65.5 Å². The molecule has 0 aliphatic carbocycles. The Morgan fingerprint density at radius 3 is 2.45 bits per heavy atom. The van der Waals surface area contributed by atoms with Crippen LogP contribution in [0, 0.1) is 0 Å². The summed E-state index contributed by atoms with van der Waals surface area (Å²) in [5.74, 6) is 0.428. The first-order valence-corrected chi connectivity index (χ1v) is 7.05. The molecule has 3 nitrogen and oxygen atoms in total. The number of pyridine rings is 1. The Hall–Kier alpha value is -1.71. The highest BCUT2D eigenvalue weighted by atomic mass is 16.3. The average Bonchev–Trinajstić information content (AvgIpc) is 2.49. The molecule has 0 radical (unpaired) electrons. The van der Waals surface area contributed by atoms with E-state index in [9.17, 15) is 5.11 Å². The molecule has 2 rings (SSSR count). The van der Waals surface area contributed by atoms with E-state index >= 15 is 0 Å². The Bertz CT molecular complexity index is 526. The van der Waals surface area contributed by atoms with Crippen LogP contribution in [-0.4, -0.2) is 16.7 Å². The molecule has 0 aliphatic rings. The topological polar surface area (TPSA) is 45.1 Å². The molecule has 20 heavy (non-hydrogen) atoms. The zero-order valence-electron chi connectivity index (χ0n) is 12.1. The summed E-state index contributed by atoms with van der Waals surface area (Å²) in [5, 5.41) is 12.9. The lowest BCUT2D eigenvalue weighted by Gasteiger charge is -2.17. The number of aromatic nitrogens is 1. The van der Waals surface area contributed by atoms with E-state index in [4.69, 9.17) is 0 Å². The maximum Gasteiger partial charge on any atom is 0.0626 e. The van der Waals surface area contributed by atoms with E-state index in [1.165, 1.54) is 0 Å². The van der Waals surface area contributed by atoms with Crippen molar-refractivity contribution in [3.63, 3.8) is 0 Å². The molecule has 2 N–H and O–H groups in total. The van der Waals surface area contributed by atoms with E-state index in [2.05, 4.69) is 30.2 Å². The quantitative estimate of drug-likeness (QED) is 0.848. The predicted molar refractivity (Wildman–Crippen MR) is 81.4 cm³/mol. The zero-order valence-corrected chi connectivity index (χ0v) is 12.1. The Labute approximate surface area is 120 Å². The Morgan fingerprint density at radius 2 is 1.80 bits per heavy atom. The summed E-state index contributed by atoms with van der Waals surface area (Å²) in [5.41, 5.74) is 3.20. The second-order valence-corrected chi connectivity index (χ2v) is 5.24. The van der Waals surface area contributed by atoms with Gasteiger partial charge in [0.25, 0.3) is 0 Å². The largest absolute Gasteiger partial charge is 0.394 e. The van der Waals surface area contributed by atoms with Crippen LogP contribution in [0.4, 0.5) is 0 Å². The second kappa shape index (κ2) is 7.17. The molecule has 3 heteroatoms. The van der Waals surface area contributed by atoms with Gasteiger partial charge in [0.05, 0.1) is 18.3 Å². The van der Waals surface area contributed by atoms with Crippen LogP contribution < -0.4 is 5.32 Å². The van der Waals surface area contributed by atoms with Crippen molar-refractivity contribution >= 4 is 0 Å². The number of hydrogen-bond acceptors (Lipinski definition) is 3. The molecule has 0 saturated heterocycles. The molecule has 2 aromatic rings. The average molecular weight is 270 g/mol. The van der Waals surface area contributed by atoms with Crippen molar-refractivity contribution in [2.24, 2.45) is 0 Å². The van der Waals surface area contributed by atoms with Gasteiger partial charge in [-0.25, -0.2) is 0 Å². The molecule has 0 spiro atoms. The number of nitrogens with one attached hydrogen (secondary N) is 1. The second-order valence-electron chi connectivity index (χ2n) is 5.24. The first-order chi connectivity index (χ1) is 9.70. The number of aliphatic hydroxyl groups excluding tert-OH is 1. The minimum atomic E-state index is -0.0549. The molecular weight excluding hydrogens is 248 g/mol. The van der Waals surface area contributed by atoms with Gasteiger partial charge in [-0.1, -0.05) is 50.2 Å². The fourth-order valence-corrected chi connectivity index (χ4v) is 2.12. The summed E-state index contributed by atoms with van der Waals surface area (Å²) >= 11 is 0. The van der Waals surface area contributed by atoms with Gasteiger partial charge >= 0.3 is 0 Å². The number of nitrogens with zero attached hydrogens (tertiary/aromatic N) is 1. The van der Waals surface area contributed by atoms with Crippen LogP contribution in [0.15, 0.2) is 48.5 Å². The first kappa shape index (κ1) is 14.7. The molecular formula is C17H22N2O. The molecule has 0 fully saturated rings. The van der Waals surface area contributed by atoms with E-state index in [-0.39, 0.29) is 12.6 Å². The first-order valence-electron chi connectivity index (χ1n) is 7.05. The number of rotatable bonds is 6. The SMILES string of the molecule is CC(C)c1cccc(CN[C@@H](CO)c2ccccc2)n1. The highest BCUT2D eigenvalue weighted by Gasteiger charge is 2.10. The molecule has 106 valence electrons. The lowest BCUT2D eigenvalue weighted by atomic mass is 10.1. The van der Waals surface area contributed by atoms with Gasteiger partial charge in [0.1, 0.15) is 0 Å². The molecule has 0 bridgehead atoms. The molecule has 1 aromatic carbocycles. The minimum absolute atomic E-state index is 0.0549. The summed E-state index contributed by atoms with van der Waals surface area (Å²) in [6.07, 6.45) is 0. The smallest absolute Gasteiger partial charge is 0.0626 e. The molecule has 1 heterocycles. The van der Waals surface area contributed by atoms with Crippen molar-refractivity contribution in [2.75, 3.05) is 6.61 Å². The third-order valence-corrected chi connectivity index (χ3v) is 3.33.